The first kappa shape index (κ1) is 25.2. The van der Waals surface area contributed by atoms with Crippen LogP contribution in [0.4, 0.5) is 0 Å². The average molecular weight is 512 g/mol. The number of hydrogen-bond donors (Lipinski definition) is 6. The predicted octanol–water partition coefficient (Wildman–Crippen LogP) is -2.01. The number of aliphatic hydroxyl groups is 5. The van der Waals surface area contributed by atoms with Crippen LogP contribution in [0, 0.1) is 11.8 Å². The summed E-state index contributed by atoms with van der Waals surface area (Å²) in [5, 5.41) is 59.8. The predicted molar refractivity (Wildman–Crippen MR) is 114 cm³/mol. The number of carbonyl (C=O) groups is 1. The van der Waals surface area contributed by atoms with Crippen LogP contribution in [-0.2, 0) is 23.7 Å². The molecule has 6 N–H and O–H groups in total. The molecule has 0 radical (unpaired) electrons. The van der Waals surface area contributed by atoms with Crippen molar-refractivity contribution >= 4 is 5.97 Å². The molecule has 4 aliphatic rings. The third-order valence-corrected chi connectivity index (χ3v) is 7.26. The van der Waals surface area contributed by atoms with Crippen molar-refractivity contribution in [1.82, 2.24) is 0 Å². The Hall–Kier alpha value is -2.49. The summed E-state index contributed by atoms with van der Waals surface area (Å²) in [7, 11) is 1.35. The maximum absolute atomic E-state index is 12.9. The number of fused-ring (bicyclic) bond motifs is 3. The number of carbonyl (C=O) groups excluding carboxylic acids is 1. The summed E-state index contributed by atoms with van der Waals surface area (Å²) in [5.41, 5.74) is -1.03. The number of benzene rings is 1. The molecule has 1 aliphatic carbocycles. The van der Waals surface area contributed by atoms with E-state index in [0.29, 0.717) is 0 Å². The Morgan fingerprint density at radius 3 is 2.58 bits per heavy atom. The van der Waals surface area contributed by atoms with Crippen LogP contribution >= 0.6 is 0 Å². The Morgan fingerprint density at radius 2 is 1.89 bits per heavy atom. The molecule has 3 aliphatic heterocycles. The summed E-state index contributed by atoms with van der Waals surface area (Å²) in [5.74, 6) is -1.95. The largest absolute Gasteiger partial charge is 0.504 e. The summed E-state index contributed by atoms with van der Waals surface area (Å²) in [6.45, 7) is -1.07. The fraction of sp³-hybridized carbons (Fsp3) is 0.609. The molecule has 0 amide bonds. The van der Waals surface area contributed by atoms with Crippen LogP contribution in [0.1, 0.15) is 10.4 Å². The number of hydrogen-bond acceptors (Lipinski definition) is 13. The molecule has 36 heavy (non-hydrogen) atoms. The van der Waals surface area contributed by atoms with Gasteiger partial charge in [-0.2, -0.15) is 0 Å². The Bertz CT molecular complexity index is 1010. The van der Waals surface area contributed by atoms with Gasteiger partial charge in [0.25, 0.3) is 0 Å². The highest BCUT2D eigenvalue weighted by Crippen LogP contribution is 2.60. The van der Waals surface area contributed by atoms with Crippen LogP contribution in [0.3, 0.4) is 0 Å². The first-order valence-corrected chi connectivity index (χ1v) is 11.4. The van der Waals surface area contributed by atoms with Crippen LogP contribution in [0.15, 0.2) is 30.5 Å². The van der Waals surface area contributed by atoms with Crippen molar-refractivity contribution in [2.24, 2.45) is 11.8 Å². The number of esters is 1. The van der Waals surface area contributed by atoms with Crippen LogP contribution < -0.4 is 4.74 Å². The van der Waals surface area contributed by atoms with Crippen molar-refractivity contribution in [3.8, 4) is 11.5 Å². The standard InChI is InChI=1S/C23H28O13/c1-31-12-6-9(2-3-11(12)26)20(30)34-18-10-4-5-32-21(14(10)23(8-25)19(18)36-23)35-22-17(29)16(28)15(27)13(7-24)33-22/h2-6,10,13-19,21-22,24-29H,7-8H2,1H3/t10-,13-,14-,15-,16+,17+,18+,19+,21+,22+,23-/m1/s1. The monoisotopic (exact) mass is 512 g/mol. The first-order chi connectivity index (χ1) is 17.2. The molecule has 2 saturated heterocycles. The lowest BCUT2D eigenvalue weighted by Gasteiger charge is -2.43. The summed E-state index contributed by atoms with van der Waals surface area (Å²) >= 11 is 0. The van der Waals surface area contributed by atoms with Crippen LogP contribution in [0.25, 0.3) is 0 Å². The number of ether oxygens (including phenoxy) is 6. The maximum Gasteiger partial charge on any atom is 0.338 e. The second-order valence-corrected chi connectivity index (χ2v) is 9.18. The number of phenols is 1. The van der Waals surface area contributed by atoms with E-state index in [0.717, 1.165) is 0 Å². The molecule has 11 atom stereocenters. The molecular weight excluding hydrogens is 484 g/mol. The van der Waals surface area contributed by atoms with Crippen LogP contribution in [0.2, 0.25) is 0 Å². The summed E-state index contributed by atoms with van der Waals surface area (Å²) in [6, 6.07) is 4.02. The molecule has 1 aromatic carbocycles. The van der Waals surface area contributed by atoms with E-state index in [-0.39, 0.29) is 17.1 Å². The normalized spacial score (nSPS) is 42.7. The number of rotatable bonds is 7. The molecule has 13 heteroatoms. The molecule has 0 unspecified atom stereocenters. The average Bonchev–Trinajstić information content (AvgIpc) is 3.56. The van der Waals surface area contributed by atoms with Gasteiger partial charge in [0.05, 0.1) is 38.1 Å². The van der Waals surface area contributed by atoms with Crippen molar-refractivity contribution in [2.45, 2.75) is 54.8 Å². The summed E-state index contributed by atoms with van der Waals surface area (Å²) in [4.78, 5) is 12.9. The quantitative estimate of drug-likeness (QED) is 0.173. The van der Waals surface area contributed by atoms with E-state index >= 15 is 0 Å². The molecule has 1 saturated carbocycles. The lowest BCUT2D eigenvalue weighted by Crippen LogP contribution is -2.60. The van der Waals surface area contributed by atoms with Crippen LogP contribution in [-0.4, -0.2) is 112 Å². The molecule has 1 aromatic rings. The minimum Gasteiger partial charge on any atom is -0.504 e. The van der Waals surface area contributed by atoms with Crippen LogP contribution in [0.5, 0.6) is 11.5 Å². The van der Waals surface area contributed by atoms with Crippen molar-refractivity contribution in [3.05, 3.63) is 36.1 Å². The van der Waals surface area contributed by atoms with Gasteiger partial charge in [0, 0.05) is 5.92 Å². The molecule has 3 heterocycles. The SMILES string of the molecule is COc1cc(C(=O)O[C@H]2[C@@H]3C=CO[C@@H](O[C@@H]4O[C@H](CO)[C@@H](O)[C@H](O)[C@@H]4O)[C@@H]3[C@@]3(CO)O[C@@H]23)ccc1O. The van der Waals surface area contributed by atoms with E-state index in [1.54, 1.807) is 6.08 Å². The Balaban J connectivity index is 1.35. The van der Waals surface area contributed by atoms with E-state index < -0.39 is 85.8 Å². The highest BCUT2D eigenvalue weighted by Gasteiger charge is 2.77. The second-order valence-electron chi connectivity index (χ2n) is 9.18. The Labute approximate surface area is 205 Å². The number of aromatic hydroxyl groups is 1. The van der Waals surface area contributed by atoms with Gasteiger partial charge in [-0.05, 0) is 24.3 Å². The highest BCUT2D eigenvalue weighted by atomic mass is 16.8. The second kappa shape index (κ2) is 9.43. The third-order valence-electron chi connectivity index (χ3n) is 7.26. The van der Waals surface area contributed by atoms with E-state index in [4.69, 9.17) is 28.4 Å². The number of methoxy groups -OCH3 is 1. The van der Waals surface area contributed by atoms with Crippen molar-refractivity contribution in [1.29, 1.82) is 0 Å². The van der Waals surface area contributed by atoms with Gasteiger partial charge < -0.3 is 59.1 Å². The molecular formula is C23H28O13. The third kappa shape index (κ3) is 3.92. The fourth-order valence-corrected chi connectivity index (χ4v) is 5.28. The molecule has 0 bridgehead atoms. The summed E-state index contributed by atoms with van der Waals surface area (Å²) in [6.07, 6.45) is -7.19. The molecule has 0 spiro atoms. The smallest absolute Gasteiger partial charge is 0.338 e. The first-order valence-electron chi connectivity index (χ1n) is 11.4. The van der Waals surface area contributed by atoms with Gasteiger partial charge >= 0.3 is 5.97 Å². The summed E-state index contributed by atoms with van der Waals surface area (Å²) < 4.78 is 33.4. The van der Waals surface area contributed by atoms with Gasteiger partial charge in [0.15, 0.2) is 17.8 Å². The number of epoxide rings is 1. The lowest BCUT2D eigenvalue weighted by atomic mass is 9.85. The fourth-order valence-electron chi connectivity index (χ4n) is 5.28. The van der Waals surface area contributed by atoms with E-state index in [1.165, 1.54) is 31.6 Å². The van der Waals surface area contributed by atoms with E-state index in [2.05, 4.69) is 0 Å². The Morgan fingerprint density at radius 1 is 1.11 bits per heavy atom. The molecule has 3 fully saturated rings. The minimum atomic E-state index is -1.66. The number of phenolic OH excluding ortho intramolecular Hbond substituents is 1. The molecule has 0 aromatic heterocycles. The van der Waals surface area contributed by atoms with Crippen molar-refractivity contribution < 1.29 is 63.9 Å². The van der Waals surface area contributed by atoms with Gasteiger partial charge in [0.1, 0.15) is 42.2 Å². The zero-order valence-corrected chi connectivity index (χ0v) is 19.1. The van der Waals surface area contributed by atoms with Gasteiger partial charge in [0.2, 0.25) is 6.29 Å². The van der Waals surface area contributed by atoms with Gasteiger partial charge in [-0.25, -0.2) is 4.79 Å². The molecule has 13 nitrogen and oxygen atoms in total. The topological polar surface area (TPSA) is 197 Å². The van der Waals surface area contributed by atoms with Crippen molar-refractivity contribution in [3.63, 3.8) is 0 Å². The van der Waals surface area contributed by atoms with Crippen molar-refractivity contribution in [2.75, 3.05) is 20.3 Å². The van der Waals surface area contributed by atoms with Gasteiger partial charge in [-0.15, -0.1) is 0 Å². The van der Waals surface area contributed by atoms with Gasteiger partial charge in [-0.1, -0.05) is 0 Å². The molecule has 5 rings (SSSR count). The molecule has 198 valence electrons. The van der Waals surface area contributed by atoms with E-state index in [9.17, 15) is 35.4 Å². The van der Waals surface area contributed by atoms with E-state index in [1.807, 2.05) is 0 Å². The lowest BCUT2D eigenvalue weighted by molar-refractivity contribution is -0.344. The zero-order chi connectivity index (χ0) is 25.8. The Kier molecular flexibility index (Phi) is 6.59. The minimum absolute atomic E-state index is 0.0973. The van der Waals surface area contributed by atoms with Gasteiger partial charge in [-0.3, -0.25) is 0 Å². The number of aliphatic hydroxyl groups excluding tert-OH is 5. The maximum atomic E-state index is 12.9. The zero-order valence-electron chi connectivity index (χ0n) is 19.1. The highest BCUT2D eigenvalue weighted by molar-refractivity contribution is 5.90.